The van der Waals surface area contributed by atoms with Crippen LogP contribution in [0.1, 0.15) is 34.6 Å². The number of aromatic nitrogens is 3. The number of rotatable bonds is 4. The molecule has 0 aliphatic carbocycles. The van der Waals surface area contributed by atoms with Crippen LogP contribution in [0, 0.1) is 0 Å². The van der Waals surface area contributed by atoms with Crippen LogP contribution in [0.4, 0.5) is 11.9 Å². The highest BCUT2D eigenvalue weighted by molar-refractivity contribution is 5.39. The Morgan fingerprint density at radius 1 is 1.38 bits per heavy atom. The van der Waals surface area contributed by atoms with Crippen molar-refractivity contribution in [2.75, 3.05) is 23.4 Å². The molecule has 21 heavy (non-hydrogen) atoms. The van der Waals surface area contributed by atoms with Crippen molar-refractivity contribution in [3.8, 4) is 6.01 Å². The van der Waals surface area contributed by atoms with E-state index >= 15 is 0 Å². The molecule has 2 rings (SSSR count). The number of morpholine rings is 1. The summed E-state index contributed by atoms with van der Waals surface area (Å²) in [6, 6.07) is 0.264. The molecule has 1 saturated heterocycles. The fourth-order valence-electron chi connectivity index (χ4n) is 2.42. The highest BCUT2D eigenvalue weighted by atomic mass is 16.5. The van der Waals surface area contributed by atoms with E-state index in [1.807, 2.05) is 34.6 Å². The molecular formula is C13H24N6O2. The summed E-state index contributed by atoms with van der Waals surface area (Å²) in [5.74, 6) is 6.25. The van der Waals surface area contributed by atoms with E-state index in [-0.39, 0.29) is 29.8 Å². The van der Waals surface area contributed by atoms with Gasteiger partial charge in [0.15, 0.2) is 0 Å². The summed E-state index contributed by atoms with van der Waals surface area (Å²) in [7, 11) is 0. The van der Waals surface area contributed by atoms with Crippen LogP contribution in [0.15, 0.2) is 0 Å². The third kappa shape index (κ3) is 4.15. The van der Waals surface area contributed by atoms with Crippen molar-refractivity contribution in [2.24, 2.45) is 5.84 Å². The van der Waals surface area contributed by atoms with Crippen LogP contribution < -0.4 is 20.9 Å². The van der Waals surface area contributed by atoms with Gasteiger partial charge in [-0.25, -0.2) is 5.84 Å². The summed E-state index contributed by atoms with van der Waals surface area (Å²) in [4.78, 5) is 14.9. The van der Waals surface area contributed by atoms with Crippen LogP contribution in [0.5, 0.6) is 6.01 Å². The molecule has 2 heterocycles. The van der Waals surface area contributed by atoms with Crippen LogP contribution in [0.3, 0.4) is 0 Å². The number of hydrogen-bond donors (Lipinski definition) is 2. The minimum absolute atomic E-state index is 0.0223. The molecule has 1 aromatic rings. The first-order chi connectivity index (χ1) is 9.79. The highest BCUT2D eigenvalue weighted by Gasteiger charge is 2.33. The van der Waals surface area contributed by atoms with Gasteiger partial charge in [-0.1, -0.05) is 0 Å². The Morgan fingerprint density at radius 3 is 2.67 bits per heavy atom. The van der Waals surface area contributed by atoms with Crippen molar-refractivity contribution in [1.82, 2.24) is 15.0 Å². The lowest BCUT2D eigenvalue weighted by atomic mass is 10.1. The van der Waals surface area contributed by atoms with Gasteiger partial charge >= 0.3 is 6.01 Å². The van der Waals surface area contributed by atoms with Gasteiger partial charge in [-0.2, -0.15) is 15.0 Å². The molecule has 1 aromatic heterocycles. The van der Waals surface area contributed by atoms with Crippen molar-refractivity contribution in [3.05, 3.63) is 0 Å². The quantitative estimate of drug-likeness (QED) is 0.626. The van der Waals surface area contributed by atoms with Crippen LogP contribution in [0.2, 0.25) is 0 Å². The number of nitrogens with two attached hydrogens (primary N) is 1. The second kappa shape index (κ2) is 5.98. The molecule has 0 spiro atoms. The Balaban J connectivity index is 2.29. The van der Waals surface area contributed by atoms with Gasteiger partial charge in [-0.15, -0.1) is 0 Å². The molecule has 118 valence electrons. The smallest absolute Gasteiger partial charge is 0.323 e. The van der Waals surface area contributed by atoms with Crippen molar-refractivity contribution in [2.45, 2.75) is 52.4 Å². The minimum Gasteiger partial charge on any atom is -0.461 e. The van der Waals surface area contributed by atoms with E-state index in [0.29, 0.717) is 19.0 Å². The van der Waals surface area contributed by atoms with E-state index in [1.165, 1.54) is 0 Å². The molecule has 0 aromatic carbocycles. The van der Waals surface area contributed by atoms with E-state index < -0.39 is 0 Å². The SMILES string of the molecule is CC(C)Oc1nc(NN)nc(N2CC(C)OC(C)(C)C2)n1. The van der Waals surface area contributed by atoms with Gasteiger partial charge in [0, 0.05) is 13.1 Å². The first-order valence-electron chi connectivity index (χ1n) is 7.11. The lowest BCUT2D eigenvalue weighted by molar-refractivity contribution is -0.0754. The number of hydrogen-bond acceptors (Lipinski definition) is 8. The standard InChI is InChI=1S/C13H24N6O2/c1-8(2)20-12-16-10(18-14)15-11(17-12)19-6-9(3)21-13(4,5)7-19/h8-9H,6-7,14H2,1-5H3,(H,15,16,17,18). The zero-order chi connectivity index (χ0) is 15.6. The topological polar surface area (TPSA) is 98.4 Å². The maximum Gasteiger partial charge on any atom is 0.323 e. The molecule has 1 fully saturated rings. The summed E-state index contributed by atoms with van der Waals surface area (Å²) in [5, 5.41) is 0. The Kier molecular flexibility index (Phi) is 4.48. The number of nitrogen functional groups attached to an aromatic ring is 1. The largest absolute Gasteiger partial charge is 0.461 e. The summed E-state index contributed by atoms with van der Waals surface area (Å²) >= 11 is 0. The molecular weight excluding hydrogens is 272 g/mol. The predicted molar refractivity (Wildman–Crippen MR) is 80.2 cm³/mol. The average Bonchev–Trinajstić information content (AvgIpc) is 2.35. The van der Waals surface area contributed by atoms with Crippen molar-refractivity contribution < 1.29 is 9.47 Å². The molecule has 1 atom stereocenters. The molecule has 0 bridgehead atoms. The third-order valence-corrected chi connectivity index (χ3v) is 2.93. The molecule has 1 aliphatic heterocycles. The summed E-state index contributed by atoms with van der Waals surface area (Å²) in [5.41, 5.74) is 2.19. The molecule has 0 saturated carbocycles. The van der Waals surface area contributed by atoms with Crippen LogP contribution >= 0.6 is 0 Å². The molecule has 0 amide bonds. The van der Waals surface area contributed by atoms with Gasteiger partial charge in [-0.3, -0.25) is 5.43 Å². The first-order valence-corrected chi connectivity index (χ1v) is 7.11. The molecule has 1 unspecified atom stereocenters. The zero-order valence-corrected chi connectivity index (χ0v) is 13.3. The monoisotopic (exact) mass is 296 g/mol. The Labute approximate surface area is 125 Å². The molecule has 3 N–H and O–H groups in total. The average molecular weight is 296 g/mol. The summed E-state index contributed by atoms with van der Waals surface area (Å²) < 4.78 is 11.4. The lowest BCUT2D eigenvalue weighted by Gasteiger charge is -2.41. The van der Waals surface area contributed by atoms with E-state index in [0.717, 1.165) is 0 Å². The summed E-state index contributed by atoms with van der Waals surface area (Å²) in [6.45, 7) is 11.3. The maximum atomic E-state index is 5.89. The number of anilines is 2. The highest BCUT2D eigenvalue weighted by Crippen LogP contribution is 2.25. The van der Waals surface area contributed by atoms with Gasteiger partial charge in [0.2, 0.25) is 11.9 Å². The molecule has 8 heteroatoms. The Bertz CT molecular complexity index is 494. The molecule has 0 radical (unpaired) electrons. The first kappa shape index (κ1) is 15.7. The van der Waals surface area contributed by atoms with Gasteiger partial charge in [0.25, 0.3) is 0 Å². The third-order valence-electron chi connectivity index (χ3n) is 2.93. The normalized spacial score (nSPS) is 21.5. The number of hydrazine groups is 1. The predicted octanol–water partition coefficient (Wildman–Crippen LogP) is 0.948. The summed E-state index contributed by atoms with van der Waals surface area (Å²) in [6.07, 6.45) is 0.0696. The van der Waals surface area contributed by atoms with Crippen LogP contribution in [-0.4, -0.2) is 45.9 Å². The van der Waals surface area contributed by atoms with Crippen molar-refractivity contribution in [1.29, 1.82) is 0 Å². The second-order valence-corrected chi connectivity index (χ2v) is 6.12. The molecule has 8 nitrogen and oxygen atoms in total. The maximum absolute atomic E-state index is 5.89. The van der Waals surface area contributed by atoms with E-state index in [2.05, 4.69) is 25.3 Å². The number of nitrogens with one attached hydrogen (secondary N) is 1. The van der Waals surface area contributed by atoms with E-state index in [4.69, 9.17) is 15.3 Å². The minimum atomic E-state index is -0.264. The fraction of sp³-hybridized carbons (Fsp3) is 0.769. The van der Waals surface area contributed by atoms with Crippen LogP contribution in [-0.2, 0) is 4.74 Å². The van der Waals surface area contributed by atoms with Gasteiger partial charge in [0.05, 0.1) is 17.8 Å². The van der Waals surface area contributed by atoms with Crippen LogP contribution in [0.25, 0.3) is 0 Å². The lowest BCUT2D eigenvalue weighted by Crippen LogP contribution is -2.52. The van der Waals surface area contributed by atoms with Crippen molar-refractivity contribution in [3.63, 3.8) is 0 Å². The van der Waals surface area contributed by atoms with Gasteiger partial charge in [-0.05, 0) is 34.6 Å². The Hall–Kier alpha value is -1.67. The zero-order valence-electron chi connectivity index (χ0n) is 13.3. The van der Waals surface area contributed by atoms with Crippen molar-refractivity contribution >= 4 is 11.9 Å². The number of nitrogens with zero attached hydrogens (tertiary/aromatic N) is 4. The van der Waals surface area contributed by atoms with E-state index in [9.17, 15) is 0 Å². The fourth-order valence-corrected chi connectivity index (χ4v) is 2.42. The number of ether oxygens (including phenoxy) is 2. The molecule has 1 aliphatic rings. The van der Waals surface area contributed by atoms with Gasteiger partial charge < -0.3 is 14.4 Å². The van der Waals surface area contributed by atoms with E-state index in [1.54, 1.807) is 0 Å². The Morgan fingerprint density at radius 2 is 2.10 bits per heavy atom. The second-order valence-electron chi connectivity index (χ2n) is 6.12. The van der Waals surface area contributed by atoms with Gasteiger partial charge in [0.1, 0.15) is 0 Å².